The standard InChI is InChI=1S/C11H20O3/c1-2-3-4-5-7-11(10-12)13-8-6-9-14-11/h10H,2-9H2,1H3. The van der Waals surface area contributed by atoms with Crippen molar-refractivity contribution in [3.05, 3.63) is 0 Å². The van der Waals surface area contributed by atoms with Crippen molar-refractivity contribution in [1.82, 2.24) is 0 Å². The van der Waals surface area contributed by atoms with Gasteiger partial charge in [-0.3, -0.25) is 4.79 Å². The Morgan fingerprint density at radius 1 is 1.21 bits per heavy atom. The van der Waals surface area contributed by atoms with Crippen LogP contribution in [0.1, 0.15) is 45.4 Å². The number of rotatable bonds is 6. The lowest BCUT2D eigenvalue weighted by Crippen LogP contribution is -2.42. The lowest BCUT2D eigenvalue weighted by molar-refractivity contribution is -0.247. The van der Waals surface area contributed by atoms with Crippen molar-refractivity contribution >= 4 is 6.29 Å². The highest BCUT2D eigenvalue weighted by molar-refractivity contribution is 5.60. The van der Waals surface area contributed by atoms with Crippen LogP contribution in [0.5, 0.6) is 0 Å². The third kappa shape index (κ3) is 3.39. The van der Waals surface area contributed by atoms with Gasteiger partial charge in [-0.2, -0.15) is 0 Å². The molecule has 0 radical (unpaired) electrons. The lowest BCUT2D eigenvalue weighted by atomic mass is 10.1. The topological polar surface area (TPSA) is 35.5 Å². The first kappa shape index (κ1) is 11.7. The van der Waals surface area contributed by atoms with Crippen molar-refractivity contribution in [2.24, 2.45) is 0 Å². The Morgan fingerprint density at radius 3 is 2.50 bits per heavy atom. The molecule has 0 atom stereocenters. The molecule has 82 valence electrons. The SMILES string of the molecule is CCCCCCC1(C=O)OCCCO1. The number of hydrogen-bond acceptors (Lipinski definition) is 3. The Morgan fingerprint density at radius 2 is 1.93 bits per heavy atom. The van der Waals surface area contributed by atoms with E-state index in [9.17, 15) is 4.79 Å². The van der Waals surface area contributed by atoms with Gasteiger partial charge in [0.15, 0.2) is 6.29 Å². The first-order chi connectivity index (χ1) is 6.83. The Labute approximate surface area is 85.8 Å². The van der Waals surface area contributed by atoms with Crippen LogP contribution in [-0.2, 0) is 14.3 Å². The Bertz CT molecular complexity index is 162. The summed E-state index contributed by atoms with van der Waals surface area (Å²) < 4.78 is 10.8. The maximum absolute atomic E-state index is 10.9. The van der Waals surface area contributed by atoms with Gasteiger partial charge >= 0.3 is 0 Å². The smallest absolute Gasteiger partial charge is 0.225 e. The fourth-order valence-electron chi connectivity index (χ4n) is 1.66. The molecule has 0 aromatic carbocycles. The predicted octanol–water partition coefficient (Wildman–Crippen LogP) is 2.29. The number of carbonyl (C=O) groups excluding carboxylic acids is 1. The van der Waals surface area contributed by atoms with Crippen LogP contribution in [0.25, 0.3) is 0 Å². The third-order valence-corrected chi connectivity index (χ3v) is 2.54. The van der Waals surface area contributed by atoms with Gasteiger partial charge in [0.2, 0.25) is 5.79 Å². The van der Waals surface area contributed by atoms with Gasteiger partial charge in [-0.05, 0) is 12.8 Å². The summed E-state index contributed by atoms with van der Waals surface area (Å²) in [4.78, 5) is 10.9. The van der Waals surface area contributed by atoms with Gasteiger partial charge in [0.25, 0.3) is 0 Å². The molecule has 0 spiro atoms. The molecule has 1 heterocycles. The summed E-state index contributed by atoms with van der Waals surface area (Å²) in [6.07, 6.45) is 7.00. The fraction of sp³-hybridized carbons (Fsp3) is 0.909. The molecule has 1 fully saturated rings. The van der Waals surface area contributed by atoms with Crippen LogP contribution in [0.15, 0.2) is 0 Å². The number of unbranched alkanes of at least 4 members (excludes halogenated alkanes) is 3. The second-order valence-corrected chi connectivity index (χ2v) is 3.79. The van der Waals surface area contributed by atoms with Crippen LogP contribution in [0.3, 0.4) is 0 Å². The minimum absolute atomic E-state index is 0.645. The molecule has 3 nitrogen and oxygen atoms in total. The molecule has 0 N–H and O–H groups in total. The molecule has 1 saturated heterocycles. The summed E-state index contributed by atoms with van der Waals surface area (Å²) in [5, 5.41) is 0. The second kappa shape index (κ2) is 6.14. The summed E-state index contributed by atoms with van der Waals surface area (Å²) in [6, 6.07) is 0. The zero-order valence-corrected chi connectivity index (χ0v) is 8.96. The first-order valence-electron chi connectivity index (χ1n) is 5.57. The fourth-order valence-corrected chi connectivity index (χ4v) is 1.66. The maximum atomic E-state index is 10.9. The van der Waals surface area contributed by atoms with E-state index in [1.54, 1.807) is 0 Å². The molecule has 0 aliphatic carbocycles. The van der Waals surface area contributed by atoms with Gasteiger partial charge < -0.3 is 9.47 Å². The molecule has 0 aromatic rings. The van der Waals surface area contributed by atoms with Crippen molar-refractivity contribution in [2.45, 2.75) is 51.2 Å². The third-order valence-electron chi connectivity index (χ3n) is 2.54. The van der Waals surface area contributed by atoms with Crippen molar-refractivity contribution in [3.63, 3.8) is 0 Å². The van der Waals surface area contributed by atoms with Crippen LogP contribution in [0, 0.1) is 0 Å². The molecule has 0 amide bonds. The predicted molar refractivity (Wildman–Crippen MR) is 54.1 cm³/mol. The van der Waals surface area contributed by atoms with E-state index in [1.807, 2.05) is 0 Å². The lowest BCUT2D eigenvalue weighted by Gasteiger charge is -2.32. The van der Waals surface area contributed by atoms with Gasteiger partial charge in [-0.25, -0.2) is 0 Å². The van der Waals surface area contributed by atoms with Gasteiger partial charge in [0, 0.05) is 6.42 Å². The molecule has 14 heavy (non-hydrogen) atoms. The van der Waals surface area contributed by atoms with E-state index in [1.165, 1.54) is 12.8 Å². The minimum atomic E-state index is -0.911. The highest BCUT2D eigenvalue weighted by Gasteiger charge is 2.33. The normalized spacial score (nSPS) is 20.6. The van der Waals surface area contributed by atoms with E-state index in [4.69, 9.17) is 9.47 Å². The van der Waals surface area contributed by atoms with Crippen molar-refractivity contribution in [1.29, 1.82) is 0 Å². The zero-order chi connectivity index (χ0) is 10.3. The Kier molecular flexibility index (Phi) is 5.12. The molecule has 1 aliphatic rings. The number of ether oxygens (including phenoxy) is 2. The summed E-state index contributed by atoms with van der Waals surface area (Å²) in [5.41, 5.74) is 0. The van der Waals surface area contributed by atoms with Crippen LogP contribution in [0.4, 0.5) is 0 Å². The summed E-state index contributed by atoms with van der Waals surface area (Å²) in [7, 11) is 0. The van der Waals surface area contributed by atoms with Crippen LogP contribution >= 0.6 is 0 Å². The summed E-state index contributed by atoms with van der Waals surface area (Å²) >= 11 is 0. The summed E-state index contributed by atoms with van der Waals surface area (Å²) in [6.45, 7) is 3.46. The van der Waals surface area contributed by atoms with E-state index < -0.39 is 5.79 Å². The van der Waals surface area contributed by atoms with Crippen LogP contribution < -0.4 is 0 Å². The minimum Gasteiger partial charge on any atom is -0.344 e. The average Bonchev–Trinajstić information content (AvgIpc) is 2.26. The molecule has 1 rings (SSSR count). The molecule has 3 heteroatoms. The van der Waals surface area contributed by atoms with Crippen LogP contribution in [0.2, 0.25) is 0 Å². The quantitative estimate of drug-likeness (QED) is 0.487. The second-order valence-electron chi connectivity index (χ2n) is 3.79. The van der Waals surface area contributed by atoms with E-state index >= 15 is 0 Å². The van der Waals surface area contributed by atoms with Crippen LogP contribution in [-0.4, -0.2) is 25.3 Å². The van der Waals surface area contributed by atoms with Crippen molar-refractivity contribution in [2.75, 3.05) is 13.2 Å². The van der Waals surface area contributed by atoms with Gasteiger partial charge in [-0.15, -0.1) is 0 Å². The van der Waals surface area contributed by atoms with E-state index in [2.05, 4.69) is 6.92 Å². The Balaban J connectivity index is 2.25. The van der Waals surface area contributed by atoms with Gasteiger partial charge in [-0.1, -0.05) is 26.2 Å². The molecular formula is C11H20O3. The number of carbonyl (C=O) groups is 1. The van der Waals surface area contributed by atoms with Gasteiger partial charge in [0.1, 0.15) is 0 Å². The van der Waals surface area contributed by atoms with Crippen molar-refractivity contribution < 1.29 is 14.3 Å². The van der Waals surface area contributed by atoms with E-state index in [0.717, 1.165) is 25.5 Å². The highest BCUT2D eigenvalue weighted by Crippen LogP contribution is 2.23. The van der Waals surface area contributed by atoms with Crippen molar-refractivity contribution in [3.8, 4) is 0 Å². The van der Waals surface area contributed by atoms with Gasteiger partial charge in [0.05, 0.1) is 13.2 Å². The van der Waals surface area contributed by atoms with E-state index in [0.29, 0.717) is 19.6 Å². The summed E-state index contributed by atoms with van der Waals surface area (Å²) in [5.74, 6) is -0.911. The Hall–Kier alpha value is -0.410. The number of aldehydes is 1. The largest absolute Gasteiger partial charge is 0.344 e. The maximum Gasteiger partial charge on any atom is 0.225 e. The number of hydrogen-bond donors (Lipinski definition) is 0. The zero-order valence-electron chi connectivity index (χ0n) is 8.96. The van der Waals surface area contributed by atoms with E-state index in [-0.39, 0.29) is 0 Å². The molecule has 1 aliphatic heterocycles. The molecule has 0 unspecified atom stereocenters. The molecule has 0 saturated carbocycles. The molecule has 0 aromatic heterocycles. The first-order valence-corrected chi connectivity index (χ1v) is 5.57. The molecule has 0 bridgehead atoms. The highest BCUT2D eigenvalue weighted by atomic mass is 16.7. The average molecular weight is 200 g/mol. The monoisotopic (exact) mass is 200 g/mol. The molecular weight excluding hydrogens is 180 g/mol.